The SMILES string of the molecule is CC(C)=CCC/C(C)=C/CC/C(C)=C/CSc1ccccc1C. The fourth-order valence-electron chi connectivity index (χ4n) is 2.33. The topological polar surface area (TPSA) is 0 Å². The normalized spacial score (nSPS) is 12.4. The Morgan fingerprint density at radius 1 is 0.870 bits per heavy atom. The van der Waals surface area contributed by atoms with Crippen molar-refractivity contribution in [3.63, 3.8) is 0 Å². The van der Waals surface area contributed by atoms with Gasteiger partial charge in [0.25, 0.3) is 0 Å². The summed E-state index contributed by atoms with van der Waals surface area (Å²) in [6.45, 7) is 11.0. The molecule has 0 fully saturated rings. The third-order valence-corrected chi connectivity index (χ3v) is 4.99. The van der Waals surface area contributed by atoms with Crippen molar-refractivity contribution in [2.45, 2.75) is 65.2 Å². The zero-order chi connectivity index (χ0) is 17.1. The van der Waals surface area contributed by atoms with Crippen LogP contribution in [0.15, 0.2) is 64.1 Å². The summed E-state index contributed by atoms with van der Waals surface area (Å²) in [5.41, 5.74) is 5.81. The number of aryl methyl sites for hydroxylation is 1. The minimum atomic E-state index is 1.07. The lowest BCUT2D eigenvalue weighted by Crippen LogP contribution is -1.83. The predicted molar refractivity (Wildman–Crippen MR) is 107 cm³/mol. The second-order valence-corrected chi connectivity index (χ2v) is 7.60. The van der Waals surface area contributed by atoms with Crippen LogP contribution in [0.4, 0.5) is 0 Å². The van der Waals surface area contributed by atoms with Gasteiger partial charge in [-0.15, -0.1) is 11.8 Å². The first kappa shape index (κ1) is 19.8. The molecule has 0 saturated carbocycles. The van der Waals surface area contributed by atoms with Gasteiger partial charge < -0.3 is 0 Å². The van der Waals surface area contributed by atoms with Crippen LogP contribution in [0.5, 0.6) is 0 Å². The van der Waals surface area contributed by atoms with Crippen molar-refractivity contribution < 1.29 is 0 Å². The number of hydrogen-bond donors (Lipinski definition) is 0. The van der Waals surface area contributed by atoms with Gasteiger partial charge in [-0.1, -0.05) is 53.1 Å². The van der Waals surface area contributed by atoms with E-state index in [9.17, 15) is 0 Å². The largest absolute Gasteiger partial charge is 0.122 e. The van der Waals surface area contributed by atoms with Gasteiger partial charge in [-0.2, -0.15) is 0 Å². The smallest absolute Gasteiger partial charge is 0.0163 e. The summed E-state index contributed by atoms with van der Waals surface area (Å²) in [4.78, 5) is 1.39. The quantitative estimate of drug-likeness (QED) is 0.334. The van der Waals surface area contributed by atoms with Gasteiger partial charge in [0.2, 0.25) is 0 Å². The molecule has 0 unspecified atom stereocenters. The molecule has 0 saturated heterocycles. The van der Waals surface area contributed by atoms with E-state index in [1.807, 2.05) is 11.8 Å². The molecule has 0 amide bonds. The van der Waals surface area contributed by atoms with Crippen LogP contribution in [0.25, 0.3) is 0 Å². The standard InChI is InChI=1S/C22H32S/c1-18(2)10-8-11-19(3)12-9-13-20(4)16-17-23-22-15-7-6-14-21(22)5/h6-7,10,12,14-16H,8-9,11,13,17H2,1-5H3/b19-12+,20-16+. The second kappa shape index (κ2) is 11.3. The van der Waals surface area contributed by atoms with Gasteiger partial charge in [0.15, 0.2) is 0 Å². The van der Waals surface area contributed by atoms with Gasteiger partial charge >= 0.3 is 0 Å². The molecule has 0 aliphatic heterocycles. The zero-order valence-corrected chi connectivity index (χ0v) is 16.3. The van der Waals surface area contributed by atoms with Gasteiger partial charge in [-0.3, -0.25) is 0 Å². The van der Waals surface area contributed by atoms with Crippen molar-refractivity contribution in [3.8, 4) is 0 Å². The van der Waals surface area contributed by atoms with Gasteiger partial charge in [0.1, 0.15) is 0 Å². The average Bonchev–Trinajstić information content (AvgIpc) is 2.49. The summed E-state index contributed by atoms with van der Waals surface area (Å²) < 4.78 is 0. The summed E-state index contributed by atoms with van der Waals surface area (Å²) in [7, 11) is 0. The maximum atomic E-state index is 2.41. The molecule has 1 rings (SSSR count). The van der Waals surface area contributed by atoms with Crippen molar-refractivity contribution in [3.05, 3.63) is 64.8 Å². The third-order valence-electron chi connectivity index (χ3n) is 3.89. The molecule has 0 bridgehead atoms. The molecule has 0 radical (unpaired) electrons. The molecule has 0 atom stereocenters. The molecule has 1 heteroatoms. The molecule has 0 spiro atoms. The highest BCUT2D eigenvalue weighted by Gasteiger charge is 1.96. The minimum absolute atomic E-state index is 1.07. The van der Waals surface area contributed by atoms with Gasteiger partial charge in [0, 0.05) is 10.6 Å². The lowest BCUT2D eigenvalue weighted by Gasteiger charge is -2.04. The summed E-state index contributed by atoms with van der Waals surface area (Å²) in [5, 5.41) is 0. The molecule has 0 N–H and O–H groups in total. The van der Waals surface area contributed by atoms with Crippen molar-refractivity contribution >= 4 is 11.8 Å². The molecule has 23 heavy (non-hydrogen) atoms. The summed E-state index contributed by atoms with van der Waals surface area (Å²) in [6.07, 6.45) is 11.8. The average molecular weight is 329 g/mol. The van der Waals surface area contributed by atoms with E-state index in [1.165, 1.54) is 46.4 Å². The Bertz CT molecular complexity index is 557. The van der Waals surface area contributed by atoms with Gasteiger partial charge in [0.05, 0.1) is 0 Å². The van der Waals surface area contributed by atoms with Crippen molar-refractivity contribution in [1.29, 1.82) is 0 Å². The van der Waals surface area contributed by atoms with Crippen molar-refractivity contribution in [2.24, 2.45) is 0 Å². The fraction of sp³-hybridized carbons (Fsp3) is 0.455. The molecule has 126 valence electrons. The Balaban J connectivity index is 2.29. The maximum absolute atomic E-state index is 2.41. The highest BCUT2D eigenvalue weighted by Crippen LogP contribution is 2.22. The van der Waals surface area contributed by atoms with Gasteiger partial charge in [-0.05, 0) is 71.9 Å². The van der Waals surface area contributed by atoms with Crippen molar-refractivity contribution in [1.82, 2.24) is 0 Å². The highest BCUT2D eigenvalue weighted by atomic mass is 32.2. The lowest BCUT2D eigenvalue weighted by atomic mass is 10.1. The summed E-state index contributed by atoms with van der Waals surface area (Å²) in [5.74, 6) is 1.07. The molecular formula is C22H32S. The van der Waals surface area contributed by atoms with E-state index >= 15 is 0 Å². The molecule has 0 aliphatic rings. The predicted octanol–water partition coefficient (Wildman–Crippen LogP) is 7.51. The molecule has 0 aromatic heterocycles. The number of rotatable bonds is 9. The second-order valence-electron chi connectivity index (χ2n) is 6.54. The Hall–Kier alpha value is -1.21. The number of allylic oxidation sites excluding steroid dienone is 5. The van der Waals surface area contributed by atoms with E-state index in [4.69, 9.17) is 0 Å². The van der Waals surface area contributed by atoms with Crippen molar-refractivity contribution in [2.75, 3.05) is 5.75 Å². The van der Waals surface area contributed by atoms with Crippen LogP contribution >= 0.6 is 11.8 Å². The first-order chi connectivity index (χ1) is 11.0. The lowest BCUT2D eigenvalue weighted by molar-refractivity contribution is 0.917. The minimum Gasteiger partial charge on any atom is -0.122 e. The van der Waals surface area contributed by atoms with Gasteiger partial charge in [-0.25, -0.2) is 0 Å². The monoisotopic (exact) mass is 328 g/mol. The van der Waals surface area contributed by atoms with Crippen LogP contribution in [0, 0.1) is 6.92 Å². The van der Waals surface area contributed by atoms with Crippen LogP contribution in [0.1, 0.15) is 58.9 Å². The van der Waals surface area contributed by atoms with Crippen LogP contribution < -0.4 is 0 Å². The fourth-order valence-corrected chi connectivity index (χ4v) is 3.35. The number of hydrogen-bond acceptors (Lipinski definition) is 1. The van der Waals surface area contributed by atoms with E-state index in [1.54, 1.807) is 0 Å². The summed E-state index contributed by atoms with van der Waals surface area (Å²) in [6, 6.07) is 8.62. The van der Waals surface area contributed by atoms with Crippen LogP contribution in [0.2, 0.25) is 0 Å². The van der Waals surface area contributed by atoms with E-state index in [2.05, 4.69) is 77.1 Å². The highest BCUT2D eigenvalue weighted by molar-refractivity contribution is 7.99. The number of thioether (sulfide) groups is 1. The first-order valence-corrected chi connectivity index (χ1v) is 9.60. The Morgan fingerprint density at radius 2 is 1.48 bits per heavy atom. The third kappa shape index (κ3) is 9.50. The maximum Gasteiger partial charge on any atom is 0.0163 e. The molecular weight excluding hydrogens is 296 g/mol. The molecule has 0 nitrogen and oxygen atoms in total. The van der Waals surface area contributed by atoms with E-state index in [0.29, 0.717) is 0 Å². The number of benzene rings is 1. The summed E-state index contributed by atoms with van der Waals surface area (Å²) >= 11 is 1.93. The Labute approximate surface area is 147 Å². The Kier molecular flexibility index (Phi) is 9.78. The van der Waals surface area contributed by atoms with Crippen LogP contribution in [-0.2, 0) is 0 Å². The Morgan fingerprint density at radius 3 is 2.13 bits per heavy atom. The molecule has 0 aliphatic carbocycles. The zero-order valence-electron chi connectivity index (χ0n) is 15.5. The van der Waals surface area contributed by atoms with Crippen LogP contribution in [-0.4, -0.2) is 5.75 Å². The molecule has 1 aromatic rings. The van der Waals surface area contributed by atoms with E-state index in [0.717, 1.165) is 12.2 Å². The van der Waals surface area contributed by atoms with E-state index < -0.39 is 0 Å². The first-order valence-electron chi connectivity index (χ1n) is 8.62. The van der Waals surface area contributed by atoms with E-state index in [-0.39, 0.29) is 0 Å². The van der Waals surface area contributed by atoms with Crippen LogP contribution in [0.3, 0.4) is 0 Å². The molecule has 1 aromatic carbocycles. The molecule has 0 heterocycles.